The van der Waals surface area contributed by atoms with Crippen molar-refractivity contribution in [3.63, 3.8) is 0 Å². The summed E-state index contributed by atoms with van der Waals surface area (Å²) in [5.41, 5.74) is 2.26. The van der Waals surface area contributed by atoms with E-state index in [1.165, 1.54) is 18.0 Å². The first-order valence-corrected chi connectivity index (χ1v) is 6.98. The quantitative estimate of drug-likeness (QED) is 0.394. The fourth-order valence-electron chi connectivity index (χ4n) is 2.54. The molecule has 2 aliphatic heterocycles. The first kappa shape index (κ1) is 15.6. The molecule has 0 amide bonds. The summed E-state index contributed by atoms with van der Waals surface area (Å²) in [7, 11) is 0. The largest absolute Gasteiger partial charge is 0.486 e. The zero-order valence-electron chi connectivity index (χ0n) is 10.8. The van der Waals surface area contributed by atoms with Gasteiger partial charge in [-0.3, -0.25) is 0 Å². The monoisotopic (exact) mass is 497 g/mol. The van der Waals surface area contributed by atoms with Crippen LogP contribution in [0.4, 0.5) is 18.9 Å². The number of amidine groups is 1. The van der Waals surface area contributed by atoms with E-state index < -0.39 is 11.7 Å². The van der Waals surface area contributed by atoms with Gasteiger partial charge in [0.2, 0.25) is 0 Å². The Morgan fingerprint density at radius 2 is 1.95 bits per heavy atom. The van der Waals surface area contributed by atoms with Crippen LogP contribution in [0.2, 0.25) is 0 Å². The SMILES string of the molecule is FC(F)(F)c1ccc2c(c1)C1=NS[CH-]N1c1[c-]cccc1-2.[Ir]. The molecule has 115 valence electrons. The van der Waals surface area contributed by atoms with E-state index >= 15 is 0 Å². The average Bonchev–Trinajstić information content (AvgIpc) is 2.96. The molecular formula is C15H7F3IrN2S-2. The molecule has 0 fully saturated rings. The number of nitrogens with zero attached hydrogens (tertiary/aromatic N) is 2. The first-order valence-electron chi connectivity index (χ1n) is 6.15. The van der Waals surface area contributed by atoms with Gasteiger partial charge in [0.15, 0.2) is 0 Å². The van der Waals surface area contributed by atoms with Crippen molar-refractivity contribution in [1.29, 1.82) is 0 Å². The van der Waals surface area contributed by atoms with Crippen molar-refractivity contribution in [3.8, 4) is 11.1 Å². The summed E-state index contributed by atoms with van der Waals surface area (Å²) in [6, 6.07) is 12.4. The van der Waals surface area contributed by atoms with Gasteiger partial charge in [0.05, 0.1) is 5.56 Å². The Labute approximate surface area is 142 Å². The molecule has 4 rings (SSSR count). The van der Waals surface area contributed by atoms with E-state index in [1.54, 1.807) is 16.8 Å². The van der Waals surface area contributed by atoms with Crippen molar-refractivity contribution in [1.82, 2.24) is 0 Å². The molecule has 0 aliphatic carbocycles. The smallest absolute Gasteiger partial charge is 0.416 e. The fraction of sp³-hybridized carbons (Fsp3) is 0.0667. The standard InChI is InChI=1S/C15H7F3N2S.Ir/c16-15(17,18)9-5-6-10-11-3-1-2-4-13(11)20-8-21-19-14(20)12(10)7-9;/h1-3,5-8H;/q-2;. The summed E-state index contributed by atoms with van der Waals surface area (Å²) in [6.45, 7) is 0. The Kier molecular flexibility index (Phi) is 3.83. The van der Waals surface area contributed by atoms with Gasteiger partial charge < -0.3 is 4.90 Å². The first-order chi connectivity index (χ1) is 10.1. The van der Waals surface area contributed by atoms with Gasteiger partial charge in [0.1, 0.15) is 5.84 Å². The minimum absolute atomic E-state index is 0. The summed E-state index contributed by atoms with van der Waals surface area (Å²) >= 11 is 1.21. The van der Waals surface area contributed by atoms with Gasteiger partial charge in [-0.2, -0.15) is 55.3 Å². The van der Waals surface area contributed by atoms with E-state index in [0.717, 1.165) is 28.9 Å². The minimum Gasteiger partial charge on any atom is -0.486 e. The number of benzene rings is 2. The van der Waals surface area contributed by atoms with E-state index in [-0.39, 0.29) is 20.1 Å². The second kappa shape index (κ2) is 5.40. The van der Waals surface area contributed by atoms with Crippen LogP contribution < -0.4 is 4.90 Å². The number of hydrogen-bond donors (Lipinski definition) is 0. The van der Waals surface area contributed by atoms with Gasteiger partial charge in [0.25, 0.3) is 0 Å². The van der Waals surface area contributed by atoms with Crippen molar-refractivity contribution in [2.24, 2.45) is 4.40 Å². The molecule has 2 heterocycles. The van der Waals surface area contributed by atoms with Crippen molar-refractivity contribution in [3.05, 3.63) is 59.5 Å². The molecule has 0 saturated carbocycles. The average molecular weight is 497 g/mol. The predicted octanol–water partition coefficient (Wildman–Crippen LogP) is 4.52. The van der Waals surface area contributed by atoms with E-state index in [9.17, 15) is 13.2 Å². The summed E-state index contributed by atoms with van der Waals surface area (Å²) in [5.74, 6) is 2.30. The van der Waals surface area contributed by atoms with E-state index in [2.05, 4.69) is 10.5 Å². The van der Waals surface area contributed by atoms with E-state index in [0.29, 0.717) is 11.4 Å². The zero-order valence-corrected chi connectivity index (χ0v) is 14.0. The molecule has 0 aromatic heterocycles. The van der Waals surface area contributed by atoms with E-state index in [1.807, 2.05) is 12.1 Å². The van der Waals surface area contributed by atoms with Gasteiger partial charge in [-0.05, 0) is 6.07 Å². The van der Waals surface area contributed by atoms with Gasteiger partial charge in [-0.25, -0.2) is 4.40 Å². The normalized spacial score (nSPS) is 15.4. The van der Waals surface area contributed by atoms with Gasteiger partial charge in [-0.15, -0.1) is 5.56 Å². The molecule has 0 bridgehead atoms. The molecular weight excluding hydrogens is 489 g/mol. The molecule has 0 atom stereocenters. The third-order valence-electron chi connectivity index (χ3n) is 3.47. The second-order valence-corrected chi connectivity index (χ2v) is 5.29. The summed E-state index contributed by atoms with van der Waals surface area (Å²) < 4.78 is 43.0. The number of anilines is 1. The summed E-state index contributed by atoms with van der Waals surface area (Å²) in [5, 5.41) is 0. The molecule has 2 nitrogen and oxygen atoms in total. The Morgan fingerprint density at radius 1 is 1.14 bits per heavy atom. The third kappa shape index (κ3) is 2.28. The Bertz CT molecular complexity index is 774. The molecule has 1 radical (unpaired) electrons. The summed E-state index contributed by atoms with van der Waals surface area (Å²) in [4.78, 5) is 1.78. The third-order valence-corrected chi connectivity index (χ3v) is 4.06. The van der Waals surface area contributed by atoms with Crippen LogP contribution >= 0.6 is 11.9 Å². The van der Waals surface area contributed by atoms with Crippen LogP contribution in [0.1, 0.15) is 11.1 Å². The molecule has 0 N–H and O–H groups in total. The van der Waals surface area contributed by atoms with Crippen molar-refractivity contribution < 1.29 is 33.3 Å². The molecule has 0 unspecified atom stereocenters. The molecule has 0 saturated heterocycles. The van der Waals surface area contributed by atoms with Crippen LogP contribution in [0.25, 0.3) is 11.1 Å². The van der Waals surface area contributed by atoms with Crippen molar-refractivity contribution >= 4 is 23.5 Å². The fourth-order valence-corrected chi connectivity index (χ4v) is 3.17. The van der Waals surface area contributed by atoms with Crippen LogP contribution in [0.15, 0.2) is 40.8 Å². The Hall–Kier alpha value is -1.30. The molecule has 7 heteroatoms. The maximum Gasteiger partial charge on any atom is 0.416 e. The van der Waals surface area contributed by atoms with Crippen molar-refractivity contribution in [2.45, 2.75) is 6.18 Å². The number of para-hydroxylation sites is 1. The molecule has 22 heavy (non-hydrogen) atoms. The zero-order chi connectivity index (χ0) is 14.6. The van der Waals surface area contributed by atoms with Crippen LogP contribution in [0, 0.1) is 11.9 Å². The van der Waals surface area contributed by atoms with Crippen LogP contribution in [0.3, 0.4) is 0 Å². The molecule has 0 spiro atoms. The summed E-state index contributed by atoms with van der Waals surface area (Å²) in [6.07, 6.45) is -4.36. The van der Waals surface area contributed by atoms with Gasteiger partial charge >= 0.3 is 6.18 Å². The number of rotatable bonds is 0. The topological polar surface area (TPSA) is 15.6 Å². The van der Waals surface area contributed by atoms with Crippen LogP contribution in [0.5, 0.6) is 0 Å². The number of fused-ring (bicyclic) bond motifs is 6. The number of halogens is 3. The Morgan fingerprint density at radius 3 is 2.73 bits per heavy atom. The number of hydrogen-bond acceptors (Lipinski definition) is 3. The van der Waals surface area contributed by atoms with Gasteiger partial charge in [0, 0.05) is 25.7 Å². The number of alkyl halides is 3. The maximum atomic E-state index is 12.9. The molecule has 2 aromatic carbocycles. The van der Waals surface area contributed by atoms with E-state index in [4.69, 9.17) is 0 Å². The predicted molar refractivity (Wildman–Crippen MR) is 76.6 cm³/mol. The molecule has 2 aromatic rings. The maximum absolute atomic E-state index is 12.9. The molecule has 2 aliphatic rings. The second-order valence-electron chi connectivity index (χ2n) is 4.69. The van der Waals surface area contributed by atoms with Crippen LogP contribution in [-0.4, -0.2) is 5.84 Å². The Balaban J connectivity index is 0.00000144. The minimum atomic E-state index is -4.36. The van der Waals surface area contributed by atoms with Crippen molar-refractivity contribution in [2.75, 3.05) is 4.90 Å². The van der Waals surface area contributed by atoms with Crippen LogP contribution in [-0.2, 0) is 26.3 Å². The van der Waals surface area contributed by atoms with Gasteiger partial charge in [-0.1, -0.05) is 23.4 Å².